The van der Waals surface area contributed by atoms with Gasteiger partial charge in [-0.2, -0.15) is 0 Å². The van der Waals surface area contributed by atoms with Gasteiger partial charge in [0, 0.05) is 0 Å². The van der Waals surface area contributed by atoms with Crippen LogP contribution in [0.25, 0.3) is 0 Å². The molecule has 70 valence electrons. The molecule has 0 aromatic heterocycles. The SMILES string of the molecule is CCC=CC[C@H](C(=O)O)C(C)C. The maximum Gasteiger partial charge on any atom is 0.307 e. The van der Waals surface area contributed by atoms with Crippen molar-refractivity contribution >= 4 is 5.97 Å². The minimum Gasteiger partial charge on any atom is -0.481 e. The number of allylic oxidation sites excluding steroid dienone is 2. The molecule has 0 aromatic carbocycles. The average Bonchev–Trinajstić information content (AvgIpc) is 1.96. The fourth-order valence-corrected chi connectivity index (χ4v) is 1.07. The lowest BCUT2D eigenvalue weighted by Crippen LogP contribution is -2.18. The lowest BCUT2D eigenvalue weighted by molar-refractivity contribution is -0.143. The normalized spacial score (nSPS) is 14.0. The van der Waals surface area contributed by atoms with Gasteiger partial charge in [-0.15, -0.1) is 0 Å². The molecule has 0 aliphatic carbocycles. The number of carboxylic acids is 1. The van der Waals surface area contributed by atoms with Crippen LogP contribution in [0.3, 0.4) is 0 Å². The lowest BCUT2D eigenvalue weighted by atomic mass is 9.92. The highest BCUT2D eigenvalue weighted by Gasteiger charge is 2.19. The quantitative estimate of drug-likeness (QED) is 0.644. The van der Waals surface area contributed by atoms with E-state index in [0.717, 1.165) is 6.42 Å². The summed E-state index contributed by atoms with van der Waals surface area (Å²) in [5.41, 5.74) is 0. The van der Waals surface area contributed by atoms with E-state index in [2.05, 4.69) is 0 Å². The van der Waals surface area contributed by atoms with Crippen molar-refractivity contribution in [2.75, 3.05) is 0 Å². The minimum absolute atomic E-state index is 0.212. The molecule has 0 unspecified atom stereocenters. The van der Waals surface area contributed by atoms with Crippen molar-refractivity contribution in [1.82, 2.24) is 0 Å². The van der Waals surface area contributed by atoms with E-state index in [1.54, 1.807) is 0 Å². The lowest BCUT2D eigenvalue weighted by Gasteiger charge is -2.13. The zero-order chi connectivity index (χ0) is 9.56. The van der Waals surface area contributed by atoms with E-state index in [1.165, 1.54) is 0 Å². The molecule has 1 atom stereocenters. The first-order chi connectivity index (χ1) is 5.59. The summed E-state index contributed by atoms with van der Waals surface area (Å²) in [5, 5.41) is 8.81. The van der Waals surface area contributed by atoms with Gasteiger partial charge in [0.1, 0.15) is 0 Å². The highest BCUT2D eigenvalue weighted by atomic mass is 16.4. The summed E-state index contributed by atoms with van der Waals surface area (Å²) in [6, 6.07) is 0. The van der Waals surface area contributed by atoms with E-state index in [4.69, 9.17) is 5.11 Å². The second-order valence-electron chi connectivity index (χ2n) is 3.30. The maximum absolute atomic E-state index is 10.7. The topological polar surface area (TPSA) is 37.3 Å². The van der Waals surface area contributed by atoms with Crippen LogP contribution < -0.4 is 0 Å². The summed E-state index contributed by atoms with van der Waals surface area (Å²) in [4.78, 5) is 10.7. The van der Waals surface area contributed by atoms with E-state index in [-0.39, 0.29) is 11.8 Å². The Morgan fingerprint density at radius 2 is 2.00 bits per heavy atom. The average molecular weight is 170 g/mol. The summed E-state index contributed by atoms with van der Waals surface area (Å²) in [5.74, 6) is -0.706. The molecular formula is C10H18O2. The van der Waals surface area contributed by atoms with Crippen LogP contribution in [0.2, 0.25) is 0 Å². The molecule has 2 heteroatoms. The Morgan fingerprint density at radius 1 is 1.42 bits per heavy atom. The van der Waals surface area contributed by atoms with Crippen molar-refractivity contribution in [3.8, 4) is 0 Å². The molecule has 0 aliphatic heterocycles. The Bertz CT molecular complexity index is 159. The van der Waals surface area contributed by atoms with Crippen LogP contribution in [-0.2, 0) is 4.79 Å². The second kappa shape index (κ2) is 5.81. The van der Waals surface area contributed by atoms with Gasteiger partial charge in [-0.3, -0.25) is 4.79 Å². The Labute approximate surface area is 74.3 Å². The van der Waals surface area contributed by atoms with Crippen molar-refractivity contribution in [2.45, 2.75) is 33.6 Å². The van der Waals surface area contributed by atoms with E-state index in [9.17, 15) is 4.79 Å². The molecule has 0 saturated heterocycles. The molecule has 1 N–H and O–H groups in total. The van der Waals surface area contributed by atoms with E-state index in [1.807, 2.05) is 32.9 Å². The van der Waals surface area contributed by atoms with Gasteiger partial charge in [-0.1, -0.05) is 32.9 Å². The minimum atomic E-state index is -0.689. The largest absolute Gasteiger partial charge is 0.481 e. The number of rotatable bonds is 5. The summed E-state index contributed by atoms with van der Waals surface area (Å²) in [6.45, 7) is 5.93. The van der Waals surface area contributed by atoms with Gasteiger partial charge in [-0.05, 0) is 18.8 Å². The number of hydrogen-bond donors (Lipinski definition) is 1. The van der Waals surface area contributed by atoms with Gasteiger partial charge in [-0.25, -0.2) is 0 Å². The molecule has 2 nitrogen and oxygen atoms in total. The van der Waals surface area contributed by atoms with Crippen LogP contribution >= 0.6 is 0 Å². The summed E-state index contributed by atoms with van der Waals surface area (Å²) in [7, 11) is 0. The molecular weight excluding hydrogens is 152 g/mol. The fourth-order valence-electron chi connectivity index (χ4n) is 1.07. The standard InChI is InChI=1S/C10H18O2/c1-4-5-6-7-9(8(2)3)10(11)12/h5-6,8-9H,4,7H2,1-3H3,(H,11,12)/t9-/m0/s1. The molecule has 0 rings (SSSR count). The predicted molar refractivity (Wildman–Crippen MR) is 50.0 cm³/mol. The van der Waals surface area contributed by atoms with Crippen molar-refractivity contribution < 1.29 is 9.90 Å². The van der Waals surface area contributed by atoms with Crippen LogP contribution in [-0.4, -0.2) is 11.1 Å². The highest BCUT2D eigenvalue weighted by Crippen LogP contribution is 2.15. The number of hydrogen-bond acceptors (Lipinski definition) is 1. The Kier molecular flexibility index (Phi) is 5.43. The molecule has 0 fully saturated rings. The highest BCUT2D eigenvalue weighted by molar-refractivity contribution is 5.70. The zero-order valence-electron chi connectivity index (χ0n) is 8.08. The van der Waals surface area contributed by atoms with Crippen molar-refractivity contribution in [3.05, 3.63) is 12.2 Å². The van der Waals surface area contributed by atoms with Crippen molar-refractivity contribution in [1.29, 1.82) is 0 Å². The molecule has 12 heavy (non-hydrogen) atoms. The molecule has 0 amide bonds. The maximum atomic E-state index is 10.7. The third-order valence-corrected chi connectivity index (χ3v) is 1.91. The van der Waals surface area contributed by atoms with Gasteiger partial charge in [0.05, 0.1) is 5.92 Å². The first kappa shape index (κ1) is 11.2. The predicted octanol–water partition coefficient (Wildman–Crippen LogP) is 2.70. The smallest absolute Gasteiger partial charge is 0.307 e. The Hall–Kier alpha value is -0.790. The molecule has 0 radical (unpaired) electrons. The first-order valence-electron chi connectivity index (χ1n) is 4.47. The molecule has 0 saturated carbocycles. The van der Waals surface area contributed by atoms with Gasteiger partial charge in [0.2, 0.25) is 0 Å². The number of carbonyl (C=O) groups is 1. The van der Waals surface area contributed by atoms with E-state index in [0.29, 0.717) is 6.42 Å². The van der Waals surface area contributed by atoms with Crippen molar-refractivity contribution in [3.63, 3.8) is 0 Å². The Balaban J connectivity index is 3.97. The van der Waals surface area contributed by atoms with Gasteiger partial charge in [0.25, 0.3) is 0 Å². The second-order valence-corrected chi connectivity index (χ2v) is 3.30. The van der Waals surface area contributed by atoms with Gasteiger partial charge in [0.15, 0.2) is 0 Å². The number of aliphatic carboxylic acids is 1. The molecule has 0 bridgehead atoms. The van der Waals surface area contributed by atoms with Crippen LogP contribution in [0.1, 0.15) is 33.6 Å². The monoisotopic (exact) mass is 170 g/mol. The molecule has 0 spiro atoms. The van der Waals surface area contributed by atoms with E-state index >= 15 is 0 Å². The zero-order valence-corrected chi connectivity index (χ0v) is 8.08. The molecule has 0 aliphatic rings. The van der Waals surface area contributed by atoms with Crippen LogP contribution in [0.4, 0.5) is 0 Å². The Morgan fingerprint density at radius 3 is 2.33 bits per heavy atom. The fraction of sp³-hybridized carbons (Fsp3) is 0.700. The summed E-state index contributed by atoms with van der Waals surface area (Å²) >= 11 is 0. The van der Waals surface area contributed by atoms with Crippen LogP contribution in [0.5, 0.6) is 0 Å². The molecule has 0 heterocycles. The first-order valence-corrected chi connectivity index (χ1v) is 4.47. The summed E-state index contributed by atoms with van der Waals surface area (Å²) in [6.07, 6.45) is 5.60. The molecule has 0 aromatic rings. The summed E-state index contributed by atoms with van der Waals surface area (Å²) < 4.78 is 0. The van der Waals surface area contributed by atoms with Crippen molar-refractivity contribution in [2.24, 2.45) is 11.8 Å². The van der Waals surface area contributed by atoms with Crippen LogP contribution in [0.15, 0.2) is 12.2 Å². The third-order valence-electron chi connectivity index (χ3n) is 1.91. The third kappa shape index (κ3) is 4.16. The van der Waals surface area contributed by atoms with E-state index < -0.39 is 5.97 Å². The van der Waals surface area contributed by atoms with Crippen LogP contribution in [0, 0.1) is 11.8 Å². The number of carboxylic acid groups (broad SMARTS) is 1. The van der Waals surface area contributed by atoms with Gasteiger partial charge >= 0.3 is 5.97 Å². The van der Waals surface area contributed by atoms with Gasteiger partial charge < -0.3 is 5.11 Å².